The lowest BCUT2D eigenvalue weighted by atomic mass is 10.1. The van der Waals surface area contributed by atoms with Crippen molar-refractivity contribution in [2.24, 2.45) is 0 Å². The van der Waals surface area contributed by atoms with E-state index >= 15 is 0 Å². The maximum atomic E-state index is 13.6. The predicted molar refractivity (Wildman–Crippen MR) is 89.0 cm³/mol. The van der Waals surface area contributed by atoms with Gasteiger partial charge in [-0.2, -0.15) is 0 Å². The van der Waals surface area contributed by atoms with Crippen LogP contribution in [-0.2, 0) is 11.2 Å². The highest BCUT2D eigenvalue weighted by molar-refractivity contribution is 5.92. The summed E-state index contributed by atoms with van der Waals surface area (Å²) in [4.78, 5) is 12.1. The number of aliphatic hydroxyl groups is 1. The number of carbonyl (C=O) groups is 1. The van der Waals surface area contributed by atoms with Crippen LogP contribution >= 0.6 is 0 Å². The first-order valence-electron chi connectivity index (χ1n) is 7.66. The Labute approximate surface area is 139 Å². The number of ether oxygens (including phenoxy) is 1. The molecule has 124 valence electrons. The molecule has 2 unspecified atom stereocenters. The average molecular weight is 327 g/mol. The molecule has 0 fully saturated rings. The normalized spacial score (nSPS) is 19.3. The van der Waals surface area contributed by atoms with Gasteiger partial charge in [0.15, 0.2) is 11.6 Å². The molecule has 0 heterocycles. The summed E-state index contributed by atoms with van der Waals surface area (Å²) >= 11 is 0. The number of halogens is 1. The van der Waals surface area contributed by atoms with E-state index in [4.69, 9.17) is 4.74 Å². The highest BCUT2D eigenvalue weighted by atomic mass is 19.1. The fraction of sp³-hybridized carbons (Fsp3) is 0.211. The first-order valence-corrected chi connectivity index (χ1v) is 7.66. The minimum Gasteiger partial charge on any atom is -0.494 e. The molecular weight excluding hydrogens is 309 g/mol. The molecule has 0 aliphatic heterocycles. The molecule has 0 saturated heterocycles. The van der Waals surface area contributed by atoms with Crippen molar-refractivity contribution in [1.29, 1.82) is 0 Å². The number of amides is 1. The van der Waals surface area contributed by atoms with Crippen molar-refractivity contribution in [3.8, 4) is 5.75 Å². The molecule has 2 N–H and O–H groups in total. The van der Waals surface area contributed by atoms with Crippen LogP contribution in [0.2, 0.25) is 0 Å². The summed E-state index contributed by atoms with van der Waals surface area (Å²) in [6.07, 6.45) is 2.73. The molecule has 0 saturated carbocycles. The fourth-order valence-corrected chi connectivity index (χ4v) is 2.91. The van der Waals surface area contributed by atoms with Crippen molar-refractivity contribution in [2.75, 3.05) is 7.11 Å². The molecule has 1 aliphatic carbocycles. The Bertz CT molecular complexity index is 788. The number of hydrogen-bond donors (Lipinski definition) is 2. The number of rotatable bonds is 4. The standard InChI is InChI=1S/C19H18FNO3/c1-24-17-8-6-12(10-15(17)20)7-9-18(23)21-19-14-5-3-2-4-13(14)11-16(19)22/h2-10,16,19,22H,11H2,1H3,(H,21,23)/b9-7+. The molecule has 2 aromatic rings. The SMILES string of the molecule is COc1ccc(/C=C/C(=O)NC2c3ccccc3CC2O)cc1F. The third-order valence-corrected chi connectivity index (χ3v) is 4.10. The average Bonchev–Trinajstić information content (AvgIpc) is 2.89. The summed E-state index contributed by atoms with van der Waals surface area (Å²) in [5.41, 5.74) is 2.52. The van der Waals surface area contributed by atoms with E-state index in [0.29, 0.717) is 12.0 Å². The molecule has 4 nitrogen and oxygen atoms in total. The number of methoxy groups -OCH3 is 1. The van der Waals surface area contributed by atoms with Gasteiger partial charge < -0.3 is 15.2 Å². The lowest BCUT2D eigenvalue weighted by Gasteiger charge is -2.16. The van der Waals surface area contributed by atoms with Crippen LogP contribution in [0.3, 0.4) is 0 Å². The van der Waals surface area contributed by atoms with Gasteiger partial charge in [-0.25, -0.2) is 4.39 Å². The maximum Gasteiger partial charge on any atom is 0.244 e. The Kier molecular flexibility index (Phi) is 4.62. The van der Waals surface area contributed by atoms with Crippen molar-refractivity contribution >= 4 is 12.0 Å². The Morgan fingerprint density at radius 3 is 2.88 bits per heavy atom. The lowest BCUT2D eigenvalue weighted by Crippen LogP contribution is -2.32. The summed E-state index contributed by atoms with van der Waals surface area (Å²) in [5.74, 6) is -0.672. The van der Waals surface area contributed by atoms with Crippen molar-refractivity contribution in [3.63, 3.8) is 0 Å². The van der Waals surface area contributed by atoms with Gasteiger partial charge in [0, 0.05) is 12.5 Å². The second-order valence-electron chi connectivity index (χ2n) is 5.68. The highest BCUT2D eigenvalue weighted by Crippen LogP contribution is 2.31. The van der Waals surface area contributed by atoms with Gasteiger partial charge in [0.05, 0.1) is 19.3 Å². The summed E-state index contributed by atoms with van der Waals surface area (Å²) in [6.45, 7) is 0. The molecule has 5 heteroatoms. The Morgan fingerprint density at radius 1 is 1.33 bits per heavy atom. The van der Waals surface area contributed by atoms with Gasteiger partial charge in [-0.3, -0.25) is 4.79 Å². The number of benzene rings is 2. The highest BCUT2D eigenvalue weighted by Gasteiger charge is 2.31. The fourth-order valence-electron chi connectivity index (χ4n) is 2.91. The number of nitrogens with one attached hydrogen (secondary N) is 1. The third kappa shape index (κ3) is 3.31. The van der Waals surface area contributed by atoms with Crippen molar-refractivity contribution in [3.05, 3.63) is 71.0 Å². The van der Waals surface area contributed by atoms with Crippen molar-refractivity contribution < 1.29 is 19.0 Å². The zero-order chi connectivity index (χ0) is 17.1. The molecule has 1 amide bonds. The van der Waals surface area contributed by atoms with Gasteiger partial charge in [0.1, 0.15) is 0 Å². The van der Waals surface area contributed by atoms with Gasteiger partial charge >= 0.3 is 0 Å². The van der Waals surface area contributed by atoms with E-state index in [1.807, 2.05) is 24.3 Å². The molecule has 2 aromatic carbocycles. The second kappa shape index (κ2) is 6.84. The number of hydrogen-bond acceptors (Lipinski definition) is 3. The molecule has 3 rings (SSSR count). The van der Waals surface area contributed by atoms with Crippen LogP contribution in [0.15, 0.2) is 48.5 Å². The number of aliphatic hydroxyl groups excluding tert-OH is 1. The van der Waals surface area contributed by atoms with Crippen LogP contribution in [0.4, 0.5) is 4.39 Å². The molecule has 0 radical (unpaired) electrons. The van der Waals surface area contributed by atoms with Crippen molar-refractivity contribution in [1.82, 2.24) is 5.32 Å². The smallest absolute Gasteiger partial charge is 0.244 e. The topological polar surface area (TPSA) is 58.6 Å². The molecule has 2 atom stereocenters. The van der Waals surface area contributed by atoms with E-state index in [9.17, 15) is 14.3 Å². The quantitative estimate of drug-likeness (QED) is 0.849. The van der Waals surface area contributed by atoms with Gasteiger partial charge in [-0.1, -0.05) is 30.3 Å². The van der Waals surface area contributed by atoms with Gasteiger partial charge in [-0.15, -0.1) is 0 Å². The molecule has 0 aromatic heterocycles. The molecule has 0 spiro atoms. The van der Waals surface area contributed by atoms with E-state index < -0.39 is 18.0 Å². The van der Waals surface area contributed by atoms with Crippen LogP contribution < -0.4 is 10.1 Å². The molecule has 1 aliphatic rings. The minimum atomic E-state index is -0.641. The van der Waals surface area contributed by atoms with E-state index in [-0.39, 0.29) is 11.7 Å². The first-order chi connectivity index (χ1) is 11.6. The zero-order valence-electron chi connectivity index (χ0n) is 13.2. The Balaban J connectivity index is 1.69. The van der Waals surface area contributed by atoms with Crippen LogP contribution in [0.1, 0.15) is 22.7 Å². The van der Waals surface area contributed by atoms with Crippen molar-refractivity contribution in [2.45, 2.75) is 18.6 Å². The lowest BCUT2D eigenvalue weighted by molar-refractivity contribution is -0.117. The van der Waals surface area contributed by atoms with E-state index in [1.165, 1.54) is 31.4 Å². The van der Waals surface area contributed by atoms with Gasteiger partial charge in [-0.05, 0) is 34.9 Å². The zero-order valence-corrected chi connectivity index (χ0v) is 13.2. The minimum absolute atomic E-state index is 0.155. The van der Waals surface area contributed by atoms with E-state index in [0.717, 1.165) is 11.1 Å². The Hall–Kier alpha value is -2.66. The molecule has 24 heavy (non-hydrogen) atoms. The second-order valence-corrected chi connectivity index (χ2v) is 5.68. The maximum absolute atomic E-state index is 13.6. The van der Waals surface area contributed by atoms with Crippen LogP contribution in [0, 0.1) is 5.82 Å². The van der Waals surface area contributed by atoms with Gasteiger partial charge in [0.25, 0.3) is 0 Å². The first kappa shape index (κ1) is 16.2. The Morgan fingerprint density at radius 2 is 2.12 bits per heavy atom. The molecular formula is C19H18FNO3. The largest absolute Gasteiger partial charge is 0.494 e. The van der Waals surface area contributed by atoms with Crippen LogP contribution in [0.25, 0.3) is 6.08 Å². The summed E-state index contributed by atoms with van der Waals surface area (Å²) < 4.78 is 18.5. The monoisotopic (exact) mass is 327 g/mol. The van der Waals surface area contributed by atoms with Crippen LogP contribution in [0.5, 0.6) is 5.75 Å². The number of carbonyl (C=O) groups excluding carboxylic acids is 1. The van der Waals surface area contributed by atoms with Gasteiger partial charge in [0.2, 0.25) is 5.91 Å². The summed E-state index contributed by atoms with van der Waals surface area (Å²) in [7, 11) is 1.39. The summed E-state index contributed by atoms with van der Waals surface area (Å²) in [6, 6.07) is 11.7. The predicted octanol–water partition coefficient (Wildman–Crippen LogP) is 2.62. The molecule has 0 bridgehead atoms. The number of fused-ring (bicyclic) bond motifs is 1. The third-order valence-electron chi connectivity index (χ3n) is 4.10. The van der Waals surface area contributed by atoms with E-state index in [1.54, 1.807) is 6.07 Å². The summed E-state index contributed by atoms with van der Waals surface area (Å²) in [5, 5.41) is 12.9. The van der Waals surface area contributed by atoms with E-state index in [2.05, 4.69) is 5.32 Å². The van der Waals surface area contributed by atoms with Crippen LogP contribution in [-0.4, -0.2) is 24.2 Å².